The average Bonchev–Trinajstić information content (AvgIpc) is 3.65. The fourth-order valence-electron chi connectivity index (χ4n) is 15.3. The van der Waals surface area contributed by atoms with Crippen molar-refractivity contribution in [2.75, 3.05) is 26.2 Å². The molecular weight excluding hydrogens is 695 g/mol. The second-order valence-corrected chi connectivity index (χ2v) is 20.1. The van der Waals surface area contributed by atoms with E-state index in [0.717, 1.165) is 106 Å². The van der Waals surface area contributed by atoms with Crippen molar-refractivity contribution >= 4 is 11.9 Å². The van der Waals surface area contributed by atoms with E-state index in [9.17, 15) is 4.79 Å². The summed E-state index contributed by atoms with van der Waals surface area (Å²) in [7, 11) is 0. The van der Waals surface area contributed by atoms with Crippen molar-refractivity contribution in [2.24, 2.45) is 52.1 Å². The van der Waals surface area contributed by atoms with Crippen LogP contribution in [0.1, 0.15) is 132 Å². The summed E-state index contributed by atoms with van der Waals surface area (Å²) in [4.78, 5) is 35.5. The summed E-state index contributed by atoms with van der Waals surface area (Å²) < 4.78 is 13.9. The lowest BCUT2D eigenvalue weighted by atomic mass is 9.31. The molecule has 0 amide bonds. The smallest absolute Gasteiger partial charge is 0.339 e. The van der Waals surface area contributed by atoms with Crippen LogP contribution in [0.5, 0.6) is 0 Å². The largest absolute Gasteiger partial charge is 0.449 e. The van der Waals surface area contributed by atoms with Crippen molar-refractivity contribution in [1.82, 2.24) is 9.80 Å². The highest BCUT2D eigenvalue weighted by Crippen LogP contribution is 2.84. The number of allylic oxidation sites excluding steroid dienone is 3. The van der Waals surface area contributed by atoms with Gasteiger partial charge in [-0.3, -0.25) is 9.69 Å². The van der Waals surface area contributed by atoms with E-state index in [1.807, 2.05) is 0 Å². The summed E-state index contributed by atoms with van der Waals surface area (Å²) in [6, 6.07) is 7.22. The van der Waals surface area contributed by atoms with Crippen LogP contribution in [0.4, 0.5) is 0 Å². The standard InChI is InChI=1S/C49H63N3O4/c1-3-9-41-47-26-35-19-20-48(47,49(41)39-14-7-12-33(13-8-21-50)43(39)45(53)56-49)42(55-46(47)54)18-16-37(25-31-10-5-4-6-11-31)51-27-32-24-36(29-51)40-17-15-34-22-30(2)23-38(35)44(34)52(40)28-32/h7,12,14-15,17-18,26,30-32,36-38,40-41H,3-6,8-11,13,16,19-25,27-29,50H2,1-2H3/b42-18-/t30-,32+,36-,37-,38-,40-,41-,47-,48+,49+/m0/s1. The summed E-state index contributed by atoms with van der Waals surface area (Å²) in [6.45, 7) is 8.67. The molecule has 9 heterocycles. The Balaban J connectivity index is 1.13. The minimum Gasteiger partial charge on any atom is -0.449 e. The van der Waals surface area contributed by atoms with Crippen LogP contribution >= 0.6 is 0 Å². The lowest BCUT2D eigenvalue weighted by Crippen LogP contribution is -2.75. The van der Waals surface area contributed by atoms with Gasteiger partial charge in [-0.2, -0.15) is 0 Å². The lowest BCUT2D eigenvalue weighted by molar-refractivity contribution is -0.271. The molecule has 2 spiro atoms. The van der Waals surface area contributed by atoms with E-state index in [-0.39, 0.29) is 17.9 Å². The molecule has 7 nitrogen and oxygen atoms in total. The zero-order chi connectivity index (χ0) is 38.0. The number of carbonyl (C=O) groups excluding carboxylic acids is 2. The van der Waals surface area contributed by atoms with Crippen LogP contribution in [-0.4, -0.2) is 60.0 Å². The Kier molecular flexibility index (Phi) is 8.46. The van der Waals surface area contributed by atoms with Crippen molar-refractivity contribution in [3.63, 3.8) is 0 Å². The Morgan fingerprint density at radius 2 is 1.93 bits per heavy atom. The highest BCUT2D eigenvalue weighted by molar-refractivity contribution is 5.99. The van der Waals surface area contributed by atoms with Gasteiger partial charge in [-0.25, -0.2) is 4.79 Å². The first kappa shape index (κ1) is 36.0. The summed E-state index contributed by atoms with van der Waals surface area (Å²) >= 11 is 0. The van der Waals surface area contributed by atoms with Crippen molar-refractivity contribution in [1.29, 1.82) is 0 Å². The van der Waals surface area contributed by atoms with E-state index in [1.165, 1.54) is 56.1 Å². The maximum Gasteiger partial charge on any atom is 0.339 e. The molecule has 10 bridgehead atoms. The first-order valence-corrected chi connectivity index (χ1v) is 22.9. The predicted molar refractivity (Wildman–Crippen MR) is 217 cm³/mol. The monoisotopic (exact) mass is 757 g/mol. The number of nitrogens with zero attached hydrogens (tertiary/aromatic N) is 2. The molecule has 1 unspecified atom stereocenters. The predicted octanol–water partition coefficient (Wildman–Crippen LogP) is 8.74. The number of nitrogens with two attached hydrogens (primary N) is 1. The average molecular weight is 758 g/mol. The second-order valence-electron chi connectivity index (χ2n) is 20.1. The second kappa shape index (κ2) is 13.2. The number of carbonyl (C=O) groups is 2. The molecule has 11 atom stereocenters. The molecule has 2 N–H and O–H groups in total. The minimum absolute atomic E-state index is 0.105. The molecule has 13 aliphatic rings. The number of piperidine rings is 2. The topological polar surface area (TPSA) is 85.1 Å². The molecule has 1 aromatic carbocycles. The van der Waals surface area contributed by atoms with Gasteiger partial charge in [0, 0.05) is 48.8 Å². The molecule has 298 valence electrons. The molecule has 0 radical (unpaired) electrons. The number of ether oxygens (including phenoxy) is 2. The number of esters is 2. The van der Waals surface area contributed by atoms with E-state index in [1.54, 1.807) is 5.70 Å². The number of hydrogen-bond donors (Lipinski definition) is 1. The molecule has 5 fully saturated rings. The fourth-order valence-corrected chi connectivity index (χ4v) is 15.3. The fraction of sp³-hybridized carbons (Fsp3) is 0.673. The van der Waals surface area contributed by atoms with Gasteiger partial charge in [0.25, 0.3) is 0 Å². The molecule has 4 aliphatic carbocycles. The number of hydrogen-bond acceptors (Lipinski definition) is 7. The number of fused-ring (bicyclic) bond motifs is 2. The number of aryl methyl sites for hydroxylation is 1. The molecule has 56 heavy (non-hydrogen) atoms. The molecule has 14 rings (SSSR count). The summed E-state index contributed by atoms with van der Waals surface area (Å²) in [5.41, 5.74) is 10.7. The van der Waals surface area contributed by atoms with Gasteiger partial charge in [-0.1, -0.05) is 94.4 Å². The van der Waals surface area contributed by atoms with E-state index in [4.69, 9.17) is 15.2 Å². The Morgan fingerprint density at radius 3 is 2.77 bits per heavy atom. The molecule has 3 saturated heterocycles. The van der Waals surface area contributed by atoms with Crippen LogP contribution < -0.4 is 5.73 Å². The molecule has 7 heteroatoms. The first-order valence-electron chi connectivity index (χ1n) is 22.9. The van der Waals surface area contributed by atoms with Gasteiger partial charge in [0.2, 0.25) is 0 Å². The van der Waals surface area contributed by atoms with Crippen LogP contribution in [0.2, 0.25) is 0 Å². The van der Waals surface area contributed by atoms with Crippen LogP contribution in [-0.2, 0) is 26.3 Å². The highest BCUT2D eigenvalue weighted by Gasteiger charge is 2.91. The van der Waals surface area contributed by atoms with E-state index >= 15 is 4.79 Å². The third-order valence-corrected chi connectivity index (χ3v) is 17.2. The minimum atomic E-state index is -0.939. The highest BCUT2D eigenvalue weighted by atomic mass is 16.6. The van der Waals surface area contributed by atoms with Gasteiger partial charge < -0.3 is 20.1 Å². The summed E-state index contributed by atoms with van der Waals surface area (Å²) in [5.74, 6) is 3.21. The maximum atomic E-state index is 15.2. The van der Waals surface area contributed by atoms with Crippen molar-refractivity contribution < 1.29 is 19.1 Å². The zero-order valence-corrected chi connectivity index (χ0v) is 33.9. The molecule has 9 aliphatic heterocycles. The summed E-state index contributed by atoms with van der Waals surface area (Å²) in [5, 5.41) is 0. The Bertz CT molecular complexity index is 1960. The van der Waals surface area contributed by atoms with Crippen LogP contribution in [0.15, 0.2) is 65.1 Å². The van der Waals surface area contributed by atoms with E-state index in [2.05, 4.69) is 66.2 Å². The van der Waals surface area contributed by atoms with Crippen LogP contribution in [0, 0.1) is 46.3 Å². The third kappa shape index (κ3) is 4.70. The normalized spacial score (nSPS) is 42.7. The lowest BCUT2D eigenvalue weighted by Gasteiger charge is -2.69. The molecule has 0 aromatic heterocycles. The summed E-state index contributed by atoms with van der Waals surface area (Å²) in [6.07, 6.45) is 27.3. The van der Waals surface area contributed by atoms with Gasteiger partial charge in [-0.15, -0.1) is 0 Å². The Morgan fingerprint density at radius 1 is 1.05 bits per heavy atom. The molecule has 1 aromatic rings. The van der Waals surface area contributed by atoms with Crippen LogP contribution in [0.25, 0.3) is 0 Å². The van der Waals surface area contributed by atoms with Gasteiger partial charge in [0.05, 0.1) is 17.0 Å². The van der Waals surface area contributed by atoms with Crippen LogP contribution in [0.3, 0.4) is 0 Å². The SMILES string of the molecule is CCC[C@@H]1[C@@]2(OC(=O)c3c(CCCN)cccc32)[C@@]23CCC4=C[C@@]12C(=O)O/C3=C\C[C@@H](CC1CCCCC1)N1C[C@H]2C[C@@H](C1)[C@@H]1C=CC3=C([C@H]4C[C@@H](C)C3)N1C2. The molecule has 2 saturated carbocycles. The van der Waals surface area contributed by atoms with Crippen molar-refractivity contribution in [3.05, 3.63) is 81.8 Å². The number of rotatable bonds is 7. The van der Waals surface area contributed by atoms with E-state index < -0.39 is 16.4 Å². The Hall–Kier alpha value is -3.16. The Labute approximate surface area is 334 Å². The van der Waals surface area contributed by atoms with Gasteiger partial charge in [0.1, 0.15) is 11.2 Å². The van der Waals surface area contributed by atoms with Gasteiger partial charge >= 0.3 is 11.9 Å². The quantitative estimate of drug-likeness (QED) is 0.220. The van der Waals surface area contributed by atoms with Crippen molar-refractivity contribution in [2.45, 2.75) is 134 Å². The zero-order valence-electron chi connectivity index (χ0n) is 33.9. The number of benzene rings is 1. The maximum absolute atomic E-state index is 15.2. The van der Waals surface area contributed by atoms with E-state index in [0.29, 0.717) is 42.3 Å². The van der Waals surface area contributed by atoms with Gasteiger partial charge in [0.15, 0.2) is 5.60 Å². The van der Waals surface area contributed by atoms with Gasteiger partial charge in [-0.05, 0) is 112 Å². The molecular formula is C49H63N3O4. The first-order chi connectivity index (χ1) is 27.3. The third-order valence-electron chi connectivity index (χ3n) is 17.2. The van der Waals surface area contributed by atoms with Crippen molar-refractivity contribution in [3.8, 4) is 0 Å².